The molecule has 0 atom stereocenters. The van der Waals surface area contributed by atoms with Crippen molar-refractivity contribution in [3.63, 3.8) is 0 Å². The molecule has 1 amide bonds. The molecule has 6 nitrogen and oxygen atoms in total. The fourth-order valence-corrected chi connectivity index (χ4v) is 2.38. The molecule has 0 heterocycles. The van der Waals surface area contributed by atoms with Gasteiger partial charge in [0, 0.05) is 19.2 Å². The van der Waals surface area contributed by atoms with Gasteiger partial charge in [0.2, 0.25) is 0 Å². The summed E-state index contributed by atoms with van der Waals surface area (Å²) in [6, 6.07) is 14.2. The average Bonchev–Trinajstić information content (AvgIpc) is 2.64. The van der Waals surface area contributed by atoms with E-state index >= 15 is 0 Å². The predicted molar refractivity (Wildman–Crippen MR) is 93.2 cm³/mol. The number of methoxy groups -OCH3 is 1. The topological polar surface area (TPSA) is 76.1 Å². The van der Waals surface area contributed by atoms with Crippen LogP contribution in [0.1, 0.15) is 15.9 Å². The Balaban J connectivity index is 1.99. The van der Waals surface area contributed by atoms with Crippen molar-refractivity contribution >= 4 is 11.9 Å². The van der Waals surface area contributed by atoms with Crippen LogP contribution in [-0.2, 0) is 11.2 Å². The largest absolute Gasteiger partial charge is 0.496 e. The van der Waals surface area contributed by atoms with Gasteiger partial charge in [-0.15, -0.1) is 0 Å². The highest BCUT2D eigenvalue weighted by Gasteiger charge is 2.13. The molecule has 0 spiro atoms. The van der Waals surface area contributed by atoms with Gasteiger partial charge in [0.15, 0.2) is 6.61 Å². The Morgan fingerprint density at radius 3 is 2.60 bits per heavy atom. The van der Waals surface area contributed by atoms with E-state index in [1.165, 1.54) is 0 Å². The molecular formula is C19H21NO5. The number of likely N-dealkylation sites (N-methyl/N-ethyl adjacent to an activating group) is 1. The van der Waals surface area contributed by atoms with Crippen LogP contribution < -0.4 is 9.47 Å². The van der Waals surface area contributed by atoms with Gasteiger partial charge in [-0.3, -0.25) is 4.79 Å². The Bertz CT molecular complexity index is 744. The number of benzene rings is 2. The minimum atomic E-state index is -1.06. The molecular weight excluding hydrogens is 322 g/mol. The molecule has 0 unspecified atom stereocenters. The van der Waals surface area contributed by atoms with Gasteiger partial charge in [0.25, 0.3) is 5.91 Å². The Morgan fingerprint density at radius 1 is 1.12 bits per heavy atom. The van der Waals surface area contributed by atoms with Gasteiger partial charge in [-0.2, -0.15) is 0 Å². The first-order valence-electron chi connectivity index (χ1n) is 7.83. The van der Waals surface area contributed by atoms with Gasteiger partial charge in [0.05, 0.1) is 7.11 Å². The van der Waals surface area contributed by atoms with E-state index in [0.717, 1.165) is 11.3 Å². The SMILES string of the molecule is COc1ccccc1CCN(C)C(=O)c1cccc(OCC(=O)O)c1. The van der Waals surface area contributed by atoms with Crippen LogP contribution in [0.3, 0.4) is 0 Å². The monoisotopic (exact) mass is 343 g/mol. The van der Waals surface area contributed by atoms with E-state index in [1.807, 2.05) is 24.3 Å². The Kier molecular flexibility index (Phi) is 6.39. The van der Waals surface area contributed by atoms with Gasteiger partial charge in [-0.25, -0.2) is 4.79 Å². The Morgan fingerprint density at radius 2 is 1.88 bits per heavy atom. The summed E-state index contributed by atoms with van der Waals surface area (Å²) in [5, 5.41) is 8.65. The van der Waals surface area contributed by atoms with Crippen LogP contribution in [0.4, 0.5) is 0 Å². The number of carbonyl (C=O) groups is 2. The molecule has 0 aliphatic heterocycles. The summed E-state index contributed by atoms with van der Waals surface area (Å²) in [6.45, 7) is 0.0840. The molecule has 0 radical (unpaired) electrons. The zero-order chi connectivity index (χ0) is 18.2. The van der Waals surface area contributed by atoms with Crippen molar-refractivity contribution in [2.75, 3.05) is 27.3 Å². The fraction of sp³-hybridized carbons (Fsp3) is 0.263. The lowest BCUT2D eigenvalue weighted by atomic mass is 10.1. The summed E-state index contributed by atoms with van der Waals surface area (Å²) in [7, 11) is 3.35. The zero-order valence-corrected chi connectivity index (χ0v) is 14.3. The number of carbonyl (C=O) groups excluding carboxylic acids is 1. The summed E-state index contributed by atoms with van der Waals surface area (Å²) >= 11 is 0. The third kappa shape index (κ3) is 5.24. The molecule has 0 aliphatic carbocycles. The van der Waals surface area contributed by atoms with Crippen LogP contribution in [-0.4, -0.2) is 49.2 Å². The molecule has 2 aromatic carbocycles. The van der Waals surface area contributed by atoms with Crippen molar-refractivity contribution in [2.45, 2.75) is 6.42 Å². The van der Waals surface area contributed by atoms with Gasteiger partial charge in [-0.05, 0) is 36.2 Å². The number of para-hydroxylation sites is 1. The predicted octanol–water partition coefficient (Wildman–Crippen LogP) is 2.47. The average molecular weight is 343 g/mol. The normalized spacial score (nSPS) is 10.2. The highest BCUT2D eigenvalue weighted by Crippen LogP contribution is 2.19. The second kappa shape index (κ2) is 8.73. The molecule has 0 saturated heterocycles. The maximum absolute atomic E-state index is 12.5. The summed E-state index contributed by atoms with van der Waals surface area (Å²) in [4.78, 5) is 24.7. The number of carboxylic acids is 1. The number of rotatable bonds is 8. The first kappa shape index (κ1) is 18.3. The van der Waals surface area contributed by atoms with Gasteiger partial charge < -0.3 is 19.5 Å². The van der Waals surface area contributed by atoms with E-state index in [9.17, 15) is 9.59 Å². The second-order valence-electron chi connectivity index (χ2n) is 5.50. The maximum atomic E-state index is 12.5. The lowest BCUT2D eigenvalue weighted by molar-refractivity contribution is -0.139. The van der Waals surface area contributed by atoms with Gasteiger partial charge >= 0.3 is 5.97 Å². The number of hydrogen-bond acceptors (Lipinski definition) is 4. The quantitative estimate of drug-likeness (QED) is 0.797. The minimum Gasteiger partial charge on any atom is -0.496 e. The van der Waals surface area contributed by atoms with Crippen LogP contribution >= 0.6 is 0 Å². The third-order valence-electron chi connectivity index (χ3n) is 3.70. The molecule has 132 valence electrons. The molecule has 0 aromatic heterocycles. The number of ether oxygens (including phenoxy) is 2. The van der Waals surface area contributed by atoms with Gasteiger partial charge in [-0.1, -0.05) is 24.3 Å². The Labute approximate surface area is 146 Å². The molecule has 2 aromatic rings. The van der Waals surface area contributed by atoms with E-state index in [-0.39, 0.29) is 5.91 Å². The van der Waals surface area contributed by atoms with Crippen molar-refractivity contribution in [3.8, 4) is 11.5 Å². The van der Waals surface area contributed by atoms with Crippen LogP contribution in [0, 0.1) is 0 Å². The van der Waals surface area contributed by atoms with E-state index in [2.05, 4.69) is 0 Å². The number of aliphatic carboxylic acids is 1. The smallest absolute Gasteiger partial charge is 0.341 e. The second-order valence-corrected chi connectivity index (χ2v) is 5.50. The molecule has 0 fully saturated rings. The van der Waals surface area contributed by atoms with Crippen molar-refractivity contribution in [1.29, 1.82) is 0 Å². The lowest BCUT2D eigenvalue weighted by Crippen LogP contribution is -2.29. The van der Waals surface area contributed by atoms with Crippen molar-refractivity contribution in [1.82, 2.24) is 4.90 Å². The van der Waals surface area contributed by atoms with Crippen LogP contribution in [0.15, 0.2) is 48.5 Å². The molecule has 0 aliphatic rings. The number of hydrogen-bond donors (Lipinski definition) is 1. The summed E-state index contributed by atoms with van der Waals surface area (Å²) in [6.07, 6.45) is 0.668. The Hall–Kier alpha value is -3.02. The number of amides is 1. The molecule has 1 N–H and O–H groups in total. The molecule has 0 bridgehead atoms. The van der Waals surface area contributed by atoms with E-state index in [1.54, 1.807) is 43.3 Å². The standard InChI is InChI=1S/C19H21NO5/c1-20(11-10-14-6-3-4-9-17(14)24-2)19(23)15-7-5-8-16(12-15)25-13-18(21)22/h3-9,12H,10-11,13H2,1-2H3,(H,21,22). The summed E-state index contributed by atoms with van der Waals surface area (Å²) < 4.78 is 10.4. The van der Waals surface area contributed by atoms with Crippen LogP contribution in [0.5, 0.6) is 11.5 Å². The van der Waals surface area contributed by atoms with Crippen molar-refractivity contribution in [2.24, 2.45) is 0 Å². The zero-order valence-electron chi connectivity index (χ0n) is 14.3. The molecule has 25 heavy (non-hydrogen) atoms. The highest BCUT2D eigenvalue weighted by molar-refractivity contribution is 5.94. The molecule has 6 heteroatoms. The summed E-state index contributed by atoms with van der Waals surface area (Å²) in [5.74, 6) is -0.0693. The van der Waals surface area contributed by atoms with Crippen molar-refractivity contribution < 1.29 is 24.2 Å². The first-order valence-corrected chi connectivity index (χ1v) is 7.83. The van der Waals surface area contributed by atoms with Crippen LogP contribution in [0.25, 0.3) is 0 Å². The lowest BCUT2D eigenvalue weighted by Gasteiger charge is -2.18. The third-order valence-corrected chi connectivity index (χ3v) is 3.70. The van der Waals surface area contributed by atoms with E-state index < -0.39 is 12.6 Å². The van der Waals surface area contributed by atoms with Crippen LogP contribution in [0.2, 0.25) is 0 Å². The number of carboxylic acid groups (broad SMARTS) is 1. The first-order chi connectivity index (χ1) is 12.0. The molecule has 2 rings (SSSR count). The number of nitrogens with zero attached hydrogens (tertiary/aromatic N) is 1. The van der Waals surface area contributed by atoms with Crippen molar-refractivity contribution in [3.05, 3.63) is 59.7 Å². The van der Waals surface area contributed by atoms with E-state index in [4.69, 9.17) is 14.6 Å². The van der Waals surface area contributed by atoms with Gasteiger partial charge in [0.1, 0.15) is 11.5 Å². The minimum absolute atomic E-state index is 0.157. The van der Waals surface area contributed by atoms with E-state index in [0.29, 0.717) is 24.3 Å². The maximum Gasteiger partial charge on any atom is 0.341 e. The highest BCUT2D eigenvalue weighted by atomic mass is 16.5. The molecule has 0 saturated carbocycles. The fourth-order valence-electron chi connectivity index (χ4n) is 2.38. The summed E-state index contributed by atoms with van der Waals surface area (Å²) in [5.41, 5.74) is 1.48.